The standard InChI is InChI=1S/C51H87N3O3Si3/c1-10-19-22-25-34-43(28-13-4)37-46(31-16-7)58-40-52-49(55)53(41-59-47(32-17-8)38-44(29-14-5)35-26-23-20-11-2)51(57)54(50(52)56)42-60-48(33-18-9)39-45(30-15-6)36-27-24-21-12-3/h13-18,43-48H,4-12,19-42H2,1-3H3. The summed E-state index contributed by atoms with van der Waals surface area (Å²) in [6.07, 6.45) is 39.9. The summed E-state index contributed by atoms with van der Waals surface area (Å²) in [5, 5.41) is 0. The van der Waals surface area contributed by atoms with E-state index in [9.17, 15) is 14.4 Å². The summed E-state index contributed by atoms with van der Waals surface area (Å²) in [6.45, 7) is 31.1. The summed E-state index contributed by atoms with van der Waals surface area (Å²) in [5.41, 5.74) is -0.419. The quantitative estimate of drug-likeness (QED) is 0.0373. The van der Waals surface area contributed by atoms with E-state index in [1.165, 1.54) is 110 Å². The average Bonchev–Trinajstić information content (AvgIpc) is 3.22. The van der Waals surface area contributed by atoms with Crippen molar-refractivity contribution in [2.45, 2.75) is 210 Å². The molecule has 1 heterocycles. The van der Waals surface area contributed by atoms with E-state index >= 15 is 0 Å². The summed E-state index contributed by atoms with van der Waals surface area (Å²) < 4.78 is 4.21. The number of allylic oxidation sites excluding steroid dienone is 6. The van der Waals surface area contributed by atoms with Crippen LogP contribution >= 0.6 is 0 Å². The number of aromatic nitrogens is 3. The lowest BCUT2D eigenvalue weighted by Crippen LogP contribution is -2.56. The van der Waals surface area contributed by atoms with Gasteiger partial charge in [-0.3, -0.25) is 0 Å². The fraction of sp³-hybridized carbons (Fsp3) is 0.706. The van der Waals surface area contributed by atoms with E-state index in [1.54, 1.807) is 0 Å². The zero-order valence-corrected chi connectivity index (χ0v) is 41.8. The second-order valence-corrected chi connectivity index (χ2v) is 21.9. The highest BCUT2D eigenvalue weighted by Crippen LogP contribution is 2.30. The van der Waals surface area contributed by atoms with Crippen LogP contribution in [0.1, 0.15) is 175 Å². The lowest BCUT2D eigenvalue weighted by Gasteiger charge is -2.24. The molecule has 60 heavy (non-hydrogen) atoms. The minimum Gasteiger partial charge on any atom is -0.249 e. The van der Waals surface area contributed by atoms with Crippen molar-refractivity contribution in [2.24, 2.45) is 17.8 Å². The third-order valence-corrected chi connectivity index (χ3v) is 16.7. The molecule has 0 saturated carbocycles. The van der Waals surface area contributed by atoms with E-state index in [0.29, 0.717) is 81.4 Å². The monoisotopic (exact) mass is 874 g/mol. The number of rotatable bonds is 42. The molecule has 0 fully saturated rings. The van der Waals surface area contributed by atoms with E-state index in [2.05, 4.69) is 60.2 Å². The van der Waals surface area contributed by atoms with Gasteiger partial charge < -0.3 is 0 Å². The highest BCUT2D eigenvalue weighted by atomic mass is 28.2. The smallest absolute Gasteiger partial charge is 0.249 e. The van der Waals surface area contributed by atoms with E-state index in [4.69, 9.17) is 0 Å². The van der Waals surface area contributed by atoms with Gasteiger partial charge in [0.15, 0.2) is 0 Å². The van der Waals surface area contributed by atoms with Gasteiger partial charge in [-0.25, -0.2) is 28.1 Å². The van der Waals surface area contributed by atoms with Gasteiger partial charge in [-0.05, 0) is 92.2 Å². The van der Waals surface area contributed by atoms with Gasteiger partial charge in [0, 0.05) is 18.5 Å². The van der Waals surface area contributed by atoms with E-state index in [1.807, 2.05) is 36.5 Å². The Hall–Kier alpha value is -2.50. The Morgan fingerprint density at radius 2 is 0.650 bits per heavy atom. The fourth-order valence-electron chi connectivity index (χ4n) is 8.63. The first kappa shape index (κ1) is 55.5. The number of unbranched alkanes of at least 4 members (excludes halogenated alkanes) is 9. The van der Waals surface area contributed by atoms with Crippen LogP contribution in [0, 0.1) is 17.8 Å². The minimum atomic E-state index is -0.454. The van der Waals surface area contributed by atoms with Crippen LogP contribution in [0.25, 0.3) is 0 Å². The molecule has 6 radical (unpaired) electrons. The molecule has 1 aromatic rings. The van der Waals surface area contributed by atoms with E-state index in [-0.39, 0.29) is 0 Å². The van der Waals surface area contributed by atoms with Crippen molar-refractivity contribution >= 4 is 28.6 Å². The Morgan fingerprint density at radius 3 is 0.867 bits per heavy atom. The van der Waals surface area contributed by atoms with Gasteiger partial charge in [-0.1, -0.05) is 154 Å². The Kier molecular flexibility index (Phi) is 33.3. The topological polar surface area (TPSA) is 66.0 Å². The maximum absolute atomic E-state index is 14.4. The van der Waals surface area contributed by atoms with Crippen LogP contribution in [0.2, 0.25) is 16.6 Å². The van der Waals surface area contributed by atoms with E-state index < -0.39 is 17.1 Å². The molecule has 0 aliphatic rings. The summed E-state index contributed by atoms with van der Waals surface area (Å²) in [6, 6.07) is 0. The Morgan fingerprint density at radius 1 is 0.400 bits per heavy atom. The molecule has 6 nitrogen and oxygen atoms in total. The number of hydrogen-bond donors (Lipinski definition) is 0. The molecule has 0 spiro atoms. The third-order valence-electron chi connectivity index (χ3n) is 12.1. The molecule has 9 heteroatoms. The molecule has 0 bridgehead atoms. The summed E-state index contributed by atoms with van der Waals surface area (Å²) in [7, 11) is 1.10. The van der Waals surface area contributed by atoms with Gasteiger partial charge >= 0.3 is 17.1 Å². The van der Waals surface area contributed by atoms with Crippen LogP contribution in [0.15, 0.2) is 90.3 Å². The minimum absolute atomic E-state index is 0.315. The van der Waals surface area contributed by atoms with Crippen LogP contribution < -0.4 is 17.1 Å². The van der Waals surface area contributed by atoms with Gasteiger partial charge in [-0.2, -0.15) is 0 Å². The van der Waals surface area contributed by atoms with E-state index in [0.717, 1.165) is 57.8 Å². The highest BCUT2D eigenvalue weighted by molar-refractivity contribution is 6.37. The molecule has 0 saturated heterocycles. The van der Waals surface area contributed by atoms with Crippen LogP contribution in [0.5, 0.6) is 0 Å². The molecular weight excluding hydrogens is 787 g/mol. The first-order valence-corrected chi connectivity index (χ1v) is 27.8. The molecule has 6 atom stereocenters. The molecule has 1 aromatic heterocycles. The van der Waals surface area contributed by atoms with Gasteiger partial charge in [0.25, 0.3) is 0 Å². The molecule has 0 aliphatic carbocycles. The van der Waals surface area contributed by atoms with Crippen LogP contribution in [-0.4, -0.2) is 42.3 Å². The zero-order valence-electron chi connectivity index (χ0n) is 38.8. The van der Waals surface area contributed by atoms with Crippen molar-refractivity contribution < 1.29 is 0 Å². The van der Waals surface area contributed by atoms with Gasteiger partial charge in [-0.15, -0.1) is 39.5 Å². The van der Waals surface area contributed by atoms with Crippen molar-refractivity contribution in [3.63, 3.8) is 0 Å². The first-order chi connectivity index (χ1) is 29.2. The van der Waals surface area contributed by atoms with Gasteiger partial charge in [0.05, 0.1) is 28.6 Å². The second kappa shape index (κ2) is 36.0. The molecule has 6 unspecified atom stereocenters. The summed E-state index contributed by atoms with van der Waals surface area (Å²) in [4.78, 5) is 43.2. The first-order valence-electron chi connectivity index (χ1n) is 24.0. The van der Waals surface area contributed by atoms with Gasteiger partial charge in [0.1, 0.15) is 0 Å². The lowest BCUT2D eigenvalue weighted by molar-refractivity contribution is 0.415. The fourth-order valence-corrected chi connectivity index (χ4v) is 13.3. The van der Waals surface area contributed by atoms with Crippen molar-refractivity contribution in [3.05, 3.63) is 107 Å². The molecular formula is C51H87N3O3Si3. The third kappa shape index (κ3) is 23.1. The maximum Gasteiger partial charge on any atom is 0.335 e. The Balaban J connectivity index is 3.57. The second-order valence-electron chi connectivity index (χ2n) is 17.3. The molecule has 0 aliphatic heterocycles. The molecule has 1 rings (SSSR count). The molecule has 336 valence electrons. The summed E-state index contributed by atoms with van der Waals surface area (Å²) in [5.74, 6) is 1.58. The molecule has 0 amide bonds. The molecule has 0 N–H and O–H groups in total. The highest BCUT2D eigenvalue weighted by Gasteiger charge is 2.23. The van der Waals surface area contributed by atoms with Crippen molar-refractivity contribution in [2.75, 3.05) is 0 Å². The Labute approximate surface area is 375 Å². The largest absolute Gasteiger partial charge is 0.335 e. The van der Waals surface area contributed by atoms with Crippen LogP contribution in [0.3, 0.4) is 0 Å². The van der Waals surface area contributed by atoms with Gasteiger partial charge in [0.2, 0.25) is 0 Å². The van der Waals surface area contributed by atoms with Crippen LogP contribution in [-0.2, 0) is 18.5 Å². The Bertz CT molecular complexity index is 1310. The van der Waals surface area contributed by atoms with Crippen LogP contribution in [0.4, 0.5) is 0 Å². The molecule has 0 aromatic carbocycles. The lowest BCUT2D eigenvalue weighted by atomic mass is 9.92. The maximum atomic E-state index is 14.4. The predicted molar refractivity (Wildman–Crippen MR) is 267 cm³/mol. The number of hydrogen-bond acceptors (Lipinski definition) is 3. The summed E-state index contributed by atoms with van der Waals surface area (Å²) >= 11 is 0. The van der Waals surface area contributed by atoms with Crippen molar-refractivity contribution in [1.29, 1.82) is 0 Å². The number of nitrogens with zero attached hydrogens (tertiary/aromatic N) is 3. The van der Waals surface area contributed by atoms with Crippen molar-refractivity contribution in [1.82, 2.24) is 13.7 Å². The zero-order chi connectivity index (χ0) is 44.4. The normalized spacial score (nSPS) is 14.4. The van der Waals surface area contributed by atoms with Crippen molar-refractivity contribution in [3.8, 4) is 0 Å². The predicted octanol–water partition coefficient (Wildman–Crippen LogP) is 12.9. The average molecular weight is 875 g/mol. The SMILES string of the molecule is C=CCC(CCCCCC)CC(CC=C)[Si]Cn1c(=O)n(C[Si]C(CC=C)CC(CC=C)CCCCCC)c(=O)n(C[Si]C(CC=C)CC(CC=C)CCCCCC)c1=O.